The lowest BCUT2D eigenvalue weighted by Crippen LogP contribution is -1.95. The summed E-state index contributed by atoms with van der Waals surface area (Å²) in [5, 5.41) is 3.45. The lowest BCUT2D eigenvalue weighted by Gasteiger charge is -2.09. The van der Waals surface area contributed by atoms with Gasteiger partial charge in [0.1, 0.15) is 33.1 Å². The first-order valence-corrected chi connectivity index (χ1v) is 13.3. The standard InChI is InChI=1S/C32H14N10/c1-2-16-4-6-18-26-30-20(34-8-10-36-30)12-22-32(26)42-24(14-38-22)23-13-37-21-11-19-29(35-9-7-33-19)25(31(21)41-23)17-5-3-15(1)27(39-17)28(16)40-18/h1-14H. The van der Waals surface area contributed by atoms with Gasteiger partial charge in [0, 0.05) is 35.6 Å². The Hall–Kier alpha value is -6.16. The summed E-state index contributed by atoms with van der Waals surface area (Å²) >= 11 is 0. The van der Waals surface area contributed by atoms with Gasteiger partial charge in [0.15, 0.2) is 0 Å². The zero-order chi connectivity index (χ0) is 27.4. The van der Waals surface area contributed by atoms with E-state index in [1.54, 1.807) is 37.2 Å². The topological polar surface area (TPSA) is 129 Å². The molecule has 0 amide bonds. The van der Waals surface area contributed by atoms with Gasteiger partial charge in [-0.1, -0.05) is 24.3 Å². The van der Waals surface area contributed by atoms with Gasteiger partial charge in [0.25, 0.3) is 0 Å². The van der Waals surface area contributed by atoms with Gasteiger partial charge in [-0.3, -0.25) is 29.9 Å². The van der Waals surface area contributed by atoms with Crippen LogP contribution in [0, 0.1) is 0 Å². The molecule has 0 N–H and O–H groups in total. The highest BCUT2D eigenvalue weighted by Gasteiger charge is 2.16. The minimum absolute atomic E-state index is 0.577. The van der Waals surface area contributed by atoms with Crippen molar-refractivity contribution in [3.8, 4) is 0 Å². The van der Waals surface area contributed by atoms with Gasteiger partial charge in [-0.2, -0.15) is 0 Å². The molecule has 0 unspecified atom stereocenters. The number of pyridine rings is 2. The summed E-state index contributed by atoms with van der Waals surface area (Å²) in [6, 6.07) is 16.0. The van der Waals surface area contributed by atoms with Crippen LogP contribution in [0.4, 0.5) is 0 Å². The van der Waals surface area contributed by atoms with Gasteiger partial charge >= 0.3 is 0 Å². The van der Waals surface area contributed by atoms with Crippen LogP contribution in [-0.4, -0.2) is 49.8 Å². The van der Waals surface area contributed by atoms with Crippen LogP contribution in [0.2, 0.25) is 0 Å². The van der Waals surface area contributed by atoms with Gasteiger partial charge in [0.05, 0.1) is 67.3 Å². The molecule has 0 aliphatic carbocycles. The maximum Gasteiger partial charge on any atom is 0.109 e. The number of hydrogen-bond donors (Lipinski definition) is 0. The first-order valence-electron chi connectivity index (χ1n) is 13.3. The molecule has 42 heavy (non-hydrogen) atoms. The lowest BCUT2D eigenvalue weighted by atomic mass is 10.1. The fourth-order valence-corrected chi connectivity index (χ4v) is 5.93. The minimum atomic E-state index is 0.577. The van der Waals surface area contributed by atoms with Crippen LogP contribution in [0.3, 0.4) is 0 Å². The van der Waals surface area contributed by atoms with Crippen LogP contribution in [0.25, 0.3) is 98.8 Å². The Morgan fingerprint density at radius 3 is 1.21 bits per heavy atom. The van der Waals surface area contributed by atoms with Crippen molar-refractivity contribution in [2.75, 3.05) is 0 Å². The van der Waals surface area contributed by atoms with Crippen LogP contribution in [-0.2, 0) is 0 Å². The van der Waals surface area contributed by atoms with E-state index < -0.39 is 0 Å². The largest absolute Gasteiger partial charge is 0.253 e. The van der Waals surface area contributed by atoms with Crippen LogP contribution in [0.15, 0.2) is 85.7 Å². The number of aromatic nitrogens is 10. The number of nitrogens with zero attached hydrogens (tertiary/aromatic N) is 10. The van der Waals surface area contributed by atoms with Crippen molar-refractivity contribution in [3.63, 3.8) is 0 Å². The molecule has 192 valence electrons. The van der Waals surface area contributed by atoms with E-state index in [4.69, 9.17) is 39.9 Å². The maximum absolute atomic E-state index is 5.21. The van der Waals surface area contributed by atoms with E-state index >= 15 is 0 Å². The molecular weight excluding hydrogens is 524 g/mol. The van der Waals surface area contributed by atoms with Crippen LogP contribution >= 0.6 is 0 Å². The predicted octanol–water partition coefficient (Wildman–Crippen LogP) is 6.02. The summed E-state index contributed by atoms with van der Waals surface area (Å²) in [6.45, 7) is 0. The molecule has 0 aliphatic rings. The van der Waals surface area contributed by atoms with Crippen molar-refractivity contribution < 1.29 is 0 Å². The van der Waals surface area contributed by atoms with Crippen molar-refractivity contribution in [2.45, 2.75) is 0 Å². The second kappa shape index (κ2) is 7.73. The molecule has 10 aromatic rings. The molecular formula is C32H14N10. The molecule has 0 aliphatic heterocycles. The van der Waals surface area contributed by atoms with Crippen molar-refractivity contribution in [2.24, 2.45) is 0 Å². The van der Waals surface area contributed by atoms with E-state index in [0.29, 0.717) is 66.2 Å². The van der Waals surface area contributed by atoms with Gasteiger partial charge in [-0.05, 0) is 24.3 Å². The van der Waals surface area contributed by atoms with Gasteiger partial charge in [-0.25, -0.2) is 19.9 Å². The highest BCUT2D eigenvalue weighted by molar-refractivity contribution is 6.19. The van der Waals surface area contributed by atoms with Crippen LogP contribution in [0.5, 0.6) is 0 Å². The molecule has 0 atom stereocenters. The van der Waals surface area contributed by atoms with Gasteiger partial charge < -0.3 is 0 Å². The Kier molecular flexibility index (Phi) is 3.98. The molecule has 0 radical (unpaired) electrons. The Balaban J connectivity index is 1.57. The first kappa shape index (κ1) is 21.6. The Morgan fingerprint density at radius 1 is 0.310 bits per heavy atom. The fourth-order valence-electron chi connectivity index (χ4n) is 5.93. The van der Waals surface area contributed by atoms with E-state index in [0.717, 1.165) is 32.6 Å². The van der Waals surface area contributed by atoms with E-state index in [-0.39, 0.29) is 0 Å². The first-order chi connectivity index (χ1) is 20.8. The van der Waals surface area contributed by atoms with Gasteiger partial charge in [0.2, 0.25) is 0 Å². The molecule has 10 heteroatoms. The third kappa shape index (κ3) is 2.87. The van der Waals surface area contributed by atoms with E-state index in [1.807, 2.05) is 24.3 Å². The molecule has 0 spiro atoms. The Labute approximate surface area is 234 Å². The molecule has 0 saturated carbocycles. The lowest BCUT2D eigenvalue weighted by molar-refractivity contribution is 1.28. The zero-order valence-corrected chi connectivity index (χ0v) is 21.6. The molecule has 0 fully saturated rings. The Morgan fingerprint density at radius 2 is 0.714 bits per heavy atom. The number of benzene rings is 3. The second-order valence-corrected chi connectivity index (χ2v) is 10.2. The van der Waals surface area contributed by atoms with Gasteiger partial charge in [-0.15, -0.1) is 0 Å². The molecule has 0 saturated heterocycles. The predicted molar refractivity (Wildman–Crippen MR) is 162 cm³/mol. The van der Waals surface area contributed by atoms with E-state index in [1.165, 1.54) is 0 Å². The van der Waals surface area contributed by atoms with Crippen molar-refractivity contribution in [1.82, 2.24) is 49.8 Å². The number of hydrogen-bond acceptors (Lipinski definition) is 10. The number of fused-ring (bicyclic) bond motifs is 11. The fraction of sp³-hybridized carbons (Fsp3) is 0. The third-order valence-electron chi connectivity index (χ3n) is 7.84. The molecule has 10 nitrogen and oxygen atoms in total. The average molecular weight is 539 g/mol. The number of rotatable bonds is 0. The molecule has 7 heterocycles. The highest BCUT2D eigenvalue weighted by atomic mass is 14.9. The summed E-state index contributed by atoms with van der Waals surface area (Å²) in [7, 11) is 0. The van der Waals surface area contributed by atoms with Crippen LogP contribution in [0.1, 0.15) is 0 Å². The summed E-state index contributed by atoms with van der Waals surface area (Å²) < 4.78 is 0. The van der Waals surface area contributed by atoms with Crippen molar-refractivity contribution >= 4 is 98.8 Å². The second-order valence-electron chi connectivity index (χ2n) is 10.2. The summed E-state index contributed by atoms with van der Waals surface area (Å²) in [5.41, 5.74) is 9.61. The van der Waals surface area contributed by atoms with Crippen molar-refractivity contribution in [3.05, 3.63) is 85.7 Å². The highest BCUT2D eigenvalue weighted by Crippen LogP contribution is 2.33. The van der Waals surface area contributed by atoms with E-state index in [2.05, 4.69) is 34.2 Å². The van der Waals surface area contributed by atoms with E-state index in [9.17, 15) is 0 Å². The normalized spacial score (nSPS) is 12.3. The smallest absolute Gasteiger partial charge is 0.109 e. The molecule has 8 bridgehead atoms. The zero-order valence-electron chi connectivity index (χ0n) is 21.6. The van der Waals surface area contributed by atoms with Crippen LogP contribution < -0.4 is 0 Å². The molecule has 10 rings (SSSR count). The monoisotopic (exact) mass is 538 g/mol. The summed E-state index contributed by atoms with van der Waals surface area (Å²) in [6.07, 6.45) is 10.1. The molecule has 3 aromatic carbocycles. The SMILES string of the molecule is c1cnc2c(cc3ncc4nc3c2c2ccc3ccc5ccc(nc5c3n2)c2c3nccnc3cc3ncc4nc32)n1. The maximum atomic E-state index is 5.21. The van der Waals surface area contributed by atoms with Crippen molar-refractivity contribution in [1.29, 1.82) is 0 Å². The summed E-state index contributed by atoms with van der Waals surface area (Å²) in [4.78, 5) is 48.8. The average Bonchev–Trinajstić information content (AvgIpc) is 3.04. The minimum Gasteiger partial charge on any atom is -0.253 e. The Bertz CT molecular complexity index is 2620. The summed E-state index contributed by atoms with van der Waals surface area (Å²) in [5.74, 6) is 0. The quantitative estimate of drug-likeness (QED) is 0.167. The molecule has 7 aromatic heterocycles. The third-order valence-corrected chi connectivity index (χ3v) is 7.84.